The molecular formula is C21H12F4N2. The molecule has 0 aliphatic heterocycles. The molecule has 134 valence electrons. The maximum absolute atomic E-state index is 13.3. The van der Waals surface area contributed by atoms with Crippen molar-refractivity contribution >= 4 is 16.3 Å². The number of halogens is 4. The first-order valence-corrected chi connectivity index (χ1v) is 8.11. The second-order valence-corrected chi connectivity index (χ2v) is 6.34. The van der Waals surface area contributed by atoms with Crippen molar-refractivity contribution in [3.05, 3.63) is 77.4 Å². The zero-order valence-corrected chi connectivity index (χ0v) is 14.1. The van der Waals surface area contributed by atoms with E-state index in [9.17, 15) is 22.8 Å². The Bertz CT molecular complexity index is 1230. The van der Waals surface area contributed by atoms with E-state index in [1.165, 1.54) is 30.3 Å². The van der Waals surface area contributed by atoms with Crippen LogP contribution in [0, 0.1) is 24.1 Å². The second-order valence-electron chi connectivity index (χ2n) is 6.34. The molecule has 0 unspecified atom stereocenters. The molecule has 6 heteroatoms. The van der Waals surface area contributed by atoms with Gasteiger partial charge in [-0.2, -0.15) is 18.4 Å². The van der Waals surface area contributed by atoms with Crippen molar-refractivity contribution in [1.29, 1.82) is 5.26 Å². The largest absolute Gasteiger partial charge is 0.416 e. The van der Waals surface area contributed by atoms with Gasteiger partial charge in [0.2, 0.25) is 0 Å². The second kappa shape index (κ2) is 5.85. The minimum absolute atomic E-state index is 0.360. The molecule has 0 saturated heterocycles. The number of nitriles is 1. The average molecular weight is 368 g/mol. The van der Waals surface area contributed by atoms with Crippen LogP contribution in [-0.2, 0) is 6.18 Å². The Balaban J connectivity index is 2.18. The van der Waals surface area contributed by atoms with Gasteiger partial charge in [0.25, 0.3) is 0 Å². The van der Waals surface area contributed by atoms with Gasteiger partial charge in [0.1, 0.15) is 11.9 Å². The number of fused-ring (bicyclic) bond motifs is 3. The van der Waals surface area contributed by atoms with Crippen molar-refractivity contribution in [2.45, 2.75) is 13.1 Å². The van der Waals surface area contributed by atoms with Crippen LogP contribution in [0.4, 0.5) is 17.6 Å². The predicted molar refractivity (Wildman–Crippen MR) is 94.8 cm³/mol. The summed E-state index contributed by atoms with van der Waals surface area (Å²) < 4.78 is 54.9. The highest BCUT2D eigenvalue weighted by Gasteiger charge is 2.31. The van der Waals surface area contributed by atoms with E-state index < -0.39 is 17.6 Å². The molecule has 0 bridgehead atoms. The molecule has 0 fully saturated rings. The molecule has 0 spiro atoms. The van der Waals surface area contributed by atoms with Crippen molar-refractivity contribution in [3.8, 4) is 17.2 Å². The van der Waals surface area contributed by atoms with Crippen LogP contribution < -0.4 is 0 Å². The van der Waals surface area contributed by atoms with Gasteiger partial charge in [-0.15, -0.1) is 0 Å². The van der Waals surface area contributed by atoms with Crippen molar-refractivity contribution < 1.29 is 17.6 Å². The first-order chi connectivity index (χ1) is 12.8. The molecule has 0 aliphatic carbocycles. The number of pyridine rings is 1. The van der Waals surface area contributed by atoms with Gasteiger partial charge in [0.05, 0.1) is 16.6 Å². The number of hydrogen-bond acceptors (Lipinski definition) is 1. The SMILES string of the molecule is Cc1cc(C#N)c2c3ccc(C(F)(F)F)cc3c(-c3ccc(F)cc3)cn12. The molecular weight excluding hydrogens is 356 g/mol. The highest BCUT2D eigenvalue weighted by molar-refractivity contribution is 6.06. The standard InChI is InChI=1S/C21H12F4N2/c1-12-8-14(10-26)20-17-7-4-15(21(23,24)25)9-18(17)19(11-27(12)20)13-2-5-16(22)6-3-13/h2-9,11H,1H3. The topological polar surface area (TPSA) is 28.2 Å². The third-order valence-electron chi connectivity index (χ3n) is 4.66. The third kappa shape index (κ3) is 2.72. The Morgan fingerprint density at radius 2 is 1.67 bits per heavy atom. The van der Waals surface area contributed by atoms with Crippen LogP contribution in [0.1, 0.15) is 16.8 Å². The molecule has 0 aliphatic rings. The van der Waals surface area contributed by atoms with Crippen LogP contribution >= 0.6 is 0 Å². The van der Waals surface area contributed by atoms with Gasteiger partial charge >= 0.3 is 6.18 Å². The lowest BCUT2D eigenvalue weighted by Gasteiger charge is -2.14. The fraction of sp³-hybridized carbons (Fsp3) is 0.0952. The minimum Gasteiger partial charge on any atom is -0.319 e. The van der Waals surface area contributed by atoms with Crippen molar-refractivity contribution in [2.24, 2.45) is 0 Å². The number of nitrogens with zero attached hydrogens (tertiary/aromatic N) is 2. The zero-order valence-electron chi connectivity index (χ0n) is 14.1. The first-order valence-electron chi connectivity index (χ1n) is 8.11. The third-order valence-corrected chi connectivity index (χ3v) is 4.66. The Morgan fingerprint density at radius 3 is 2.30 bits per heavy atom. The molecule has 27 heavy (non-hydrogen) atoms. The van der Waals surface area contributed by atoms with Crippen LogP contribution in [0.5, 0.6) is 0 Å². The molecule has 0 atom stereocenters. The van der Waals surface area contributed by atoms with E-state index in [2.05, 4.69) is 6.07 Å². The number of alkyl halides is 3. The number of hydrogen-bond donors (Lipinski definition) is 0. The predicted octanol–water partition coefficient (Wildman–Crippen LogP) is 6.10. The quantitative estimate of drug-likeness (QED) is 0.373. The Labute approximate surface area is 151 Å². The summed E-state index contributed by atoms with van der Waals surface area (Å²) >= 11 is 0. The summed E-state index contributed by atoms with van der Waals surface area (Å²) in [6.07, 6.45) is -2.79. The lowest BCUT2D eigenvalue weighted by atomic mass is 9.97. The Morgan fingerprint density at radius 1 is 0.963 bits per heavy atom. The van der Waals surface area contributed by atoms with Crippen molar-refractivity contribution in [3.63, 3.8) is 0 Å². The summed E-state index contributed by atoms with van der Waals surface area (Å²) in [5.41, 5.74) is 2.09. The van der Waals surface area contributed by atoms with Gasteiger partial charge in [-0.05, 0) is 48.2 Å². The van der Waals surface area contributed by atoms with Gasteiger partial charge in [-0.1, -0.05) is 18.2 Å². The molecule has 4 aromatic rings. The maximum atomic E-state index is 13.3. The molecule has 2 aromatic carbocycles. The van der Waals surface area contributed by atoms with E-state index in [0.717, 1.165) is 17.8 Å². The molecule has 4 rings (SSSR count). The number of aromatic nitrogens is 1. The van der Waals surface area contributed by atoms with Gasteiger partial charge in [0.15, 0.2) is 0 Å². The van der Waals surface area contributed by atoms with E-state index in [4.69, 9.17) is 0 Å². The van der Waals surface area contributed by atoms with Crippen molar-refractivity contribution in [1.82, 2.24) is 4.40 Å². The smallest absolute Gasteiger partial charge is 0.319 e. The Kier molecular flexibility index (Phi) is 3.70. The molecule has 2 aromatic heterocycles. The van der Waals surface area contributed by atoms with Crippen molar-refractivity contribution in [2.75, 3.05) is 0 Å². The summed E-state index contributed by atoms with van der Waals surface area (Å²) in [4.78, 5) is 0. The van der Waals surface area contributed by atoms with Crippen LogP contribution in [0.15, 0.2) is 54.7 Å². The number of rotatable bonds is 1. The van der Waals surface area contributed by atoms with E-state index in [-0.39, 0.29) is 0 Å². The summed E-state index contributed by atoms with van der Waals surface area (Å²) in [5.74, 6) is -0.427. The average Bonchev–Trinajstić information content (AvgIpc) is 2.96. The lowest BCUT2D eigenvalue weighted by molar-refractivity contribution is -0.137. The van der Waals surface area contributed by atoms with Crippen LogP contribution in [0.2, 0.25) is 0 Å². The molecule has 0 amide bonds. The van der Waals surface area contributed by atoms with Gasteiger partial charge in [-0.3, -0.25) is 0 Å². The van der Waals surface area contributed by atoms with E-state index in [1.54, 1.807) is 16.7 Å². The first kappa shape index (κ1) is 17.1. The highest BCUT2D eigenvalue weighted by Crippen LogP contribution is 2.38. The molecule has 0 N–H and O–H groups in total. The van der Waals surface area contributed by atoms with Gasteiger partial charge < -0.3 is 4.40 Å². The van der Waals surface area contributed by atoms with E-state index in [0.29, 0.717) is 33.0 Å². The molecule has 2 heterocycles. The molecule has 0 radical (unpaired) electrons. The van der Waals surface area contributed by atoms with Crippen LogP contribution in [0.25, 0.3) is 27.4 Å². The summed E-state index contributed by atoms with van der Waals surface area (Å²) in [5, 5.41) is 10.3. The molecule has 2 nitrogen and oxygen atoms in total. The lowest BCUT2D eigenvalue weighted by Crippen LogP contribution is -2.05. The summed E-state index contributed by atoms with van der Waals surface area (Å²) in [6, 6.07) is 12.9. The van der Waals surface area contributed by atoms with Crippen LogP contribution in [-0.4, -0.2) is 4.40 Å². The van der Waals surface area contributed by atoms with Crippen LogP contribution in [0.3, 0.4) is 0 Å². The monoisotopic (exact) mass is 368 g/mol. The Hall–Kier alpha value is -3.33. The van der Waals surface area contributed by atoms with E-state index in [1.807, 2.05) is 6.92 Å². The van der Waals surface area contributed by atoms with Gasteiger partial charge in [0, 0.05) is 22.8 Å². The number of benzene rings is 2. The fourth-order valence-electron chi connectivity index (χ4n) is 3.39. The zero-order chi connectivity index (χ0) is 19.3. The summed E-state index contributed by atoms with van der Waals surface area (Å²) in [6.45, 7) is 1.82. The number of aryl methyl sites for hydroxylation is 1. The van der Waals surface area contributed by atoms with E-state index >= 15 is 0 Å². The fourth-order valence-corrected chi connectivity index (χ4v) is 3.39. The normalized spacial score (nSPS) is 11.9. The highest BCUT2D eigenvalue weighted by atomic mass is 19.4. The van der Waals surface area contributed by atoms with Gasteiger partial charge in [-0.25, -0.2) is 4.39 Å². The molecule has 0 saturated carbocycles. The maximum Gasteiger partial charge on any atom is 0.416 e. The minimum atomic E-state index is -4.49. The summed E-state index contributed by atoms with van der Waals surface area (Å²) in [7, 11) is 0.